The summed E-state index contributed by atoms with van der Waals surface area (Å²) < 4.78 is 33.6. The zero-order valence-electron chi connectivity index (χ0n) is 10.0. The lowest BCUT2D eigenvalue weighted by Gasteiger charge is -2.14. The van der Waals surface area contributed by atoms with Gasteiger partial charge in [0.15, 0.2) is 0 Å². The second-order valence-electron chi connectivity index (χ2n) is 4.29. The Morgan fingerprint density at radius 2 is 2.16 bits per heavy atom. The minimum Gasteiger partial charge on any atom is -0.398 e. The van der Waals surface area contributed by atoms with E-state index in [1.54, 1.807) is 12.1 Å². The molecule has 1 saturated heterocycles. The minimum atomic E-state index is -3.65. The van der Waals surface area contributed by atoms with Crippen molar-refractivity contribution in [3.8, 4) is 0 Å². The molecular formula is C11H14Br2N2O3S. The van der Waals surface area contributed by atoms with Gasteiger partial charge in [-0.2, -0.15) is 0 Å². The molecule has 19 heavy (non-hydrogen) atoms. The number of sulfonamides is 1. The maximum Gasteiger partial charge on any atom is 0.243 e. The number of anilines is 1. The summed E-state index contributed by atoms with van der Waals surface area (Å²) in [5, 5.41) is 0. The summed E-state index contributed by atoms with van der Waals surface area (Å²) in [7, 11) is -3.65. The van der Waals surface area contributed by atoms with Crippen molar-refractivity contribution in [2.75, 3.05) is 18.9 Å². The number of hydrogen-bond acceptors (Lipinski definition) is 4. The van der Waals surface area contributed by atoms with Gasteiger partial charge in [0.1, 0.15) is 4.90 Å². The van der Waals surface area contributed by atoms with Crippen molar-refractivity contribution in [2.24, 2.45) is 0 Å². The Morgan fingerprint density at radius 1 is 1.42 bits per heavy atom. The van der Waals surface area contributed by atoms with E-state index in [9.17, 15) is 8.42 Å². The molecule has 1 aromatic carbocycles. The molecular weight excluding hydrogens is 400 g/mol. The second kappa shape index (κ2) is 6.09. The van der Waals surface area contributed by atoms with Gasteiger partial charge in [0.05, 0.1) is 11.8 Å². The van der Waals surface area contributed by atoms with Crippen LogP contribution in [0.5, 0.6) is 0 Å². The van der Waals surface area contributed by atoms with Gasteiger partial charge >= 0.3 is 0 Å². The molecule has 0 bridgehead atoms. The predicted molar refractivity (Wildman–Crippen MR) is 80.4 cm³/mol. The number of nitrogen functional groups attached to an aromatic ring is 1. The summed E-state index contributed by atoms with van der Waals surface area (Å²) in [6.07, 6.45) is 1.79. The van der Waals surface area contributed by atoms with Crippen LogP contribution < -0.4 is 10.5 Å². The molecule has 5 nitrogen and oxygen atoms in total. The third-order valence-corrected chi connectivity index (χ3v) is 5.72. The molecule has 2 rings (SSSR count). The number of benzene rings is 1. The summed E-state index contributed by atoms with van der Waals surface area (Å²) in [5.41, 5.74) is 5.98. The fraction of sp³-hybridized carbons (Fsp3) is 0.455. The largest absolute Gasteiger partial charge is 0.398 e. The number of hydrogen-bond donors (Lipinski definition) is 2. The Balaban J connectivity index is 2.19. The smallest absolute Gasteiger partial charge is 0.243 e. The van der Waals surface area contributed by atoms with Crippen LogP contribution in [-0.4, -0.2) is 27.7 Å². The summed E-state index contributed by atoms with van der Waals surface area (Å²) in [5.74, 6) is 0. The topological polar surface area (TPSA) is 81.4 Å². The molecule has 106 valence electrons. The molecule has 1 heterocycles. The molecule has 0 radical (unpaired) electrons. The van der Waals surface area contributed by atoms with Crippen LogP contribution in [0.1, 0.15) is 12.8 Å². The van der Waals surface area contributed by atoms with Crippen molar-refractivity contribution in [1.29, 1.82) is 0 Å². The van der Waals surface area contributed by atoms with Crippen LogP contribution in [0, 0.1) is 0 Å². The van der Waals surface area contributed by atoms with Gasteiger partial charge in [-0.3, -0.25) is 0 Å². The monoisotopic (exact) mass is 412 g/mol. The molecule has 1 aliphatic heterocycles. The van der Waals surface area contributed by atoms with Crippen molar-refractivity contribution >= 4 is 47.6 Å². The minimum absolute atomic E-state index is 0.0507. The molecule has 1 atom stereocenters. The molecule has 0 amide bonds. The SMILES string of the molecule is Nc1cc(Br)cc(Br)c1S(=O)(=O)NCC1CCCO1. The van der Waals surface area contributed by atoms with E-state index >= 15 is 0 Å². The van der Waals surface area contributed by atoms with E-state index < -0.39 is 10.0 Å². The van der Waals surface area contributed by atoms with Crippen LogP contribution in [0.25, 0.3) is 0 Å². The summed E-state index contributed by atoms with van der Waals surface area (Å²) in [6, 6.07) is 3.21. The second-order valence-corrected chi connectivity index (χ2v) is 7.77. The molecule has 0 aromatic heterocycles. The van der Waals surface area contributed by atoms with E-state index in [0.29, 0.717) is 11.1 Å². The Kier molecular flexibility index (Phi) is 4.88. The van der Waals surface area contributed by atoms with Crippen LogP contribution >= 0.6 is 31.9 Å². The molecule has 1 fully saturated rings. The first-order chi connectivity index (χ1) is 8.90. The van der Waals surface area contributed by atoms with Gasteiger partial charge in [0.2, 0.25) is 10.0 Å². The summed E-state index contributed by atoms with van der Waals surface area (Å²) >= 11 is 6.49. The van der Waals surface area contributed by atoms with Crippen LogP contribution in [0.4, 0.5) is 5.69 Å². The standard InChI is InChI=1S/C11H14Br2N2O3S/c12-7-4-9(13)11(10(14)5-7)19(16,17)15-6-8-2-1-3-18-8/h4-5,8,15H,1-3,6,14H2. The zero-order valence-corrected chi connectivity index (χ0v) is 14.0. The Bertz CT molecular complexity index is 548. The van der Waals surface area contributed by atoms with Gasteiger partial charge in [-0.15, -0.1) is 0 Å². The normalized spacial score (nSPS) is 19.8. The van der Waals surface area contributed by atoms with Crippen LogP contribution in [0.15, 0.2) is 26.0 Å². The molecule has 3 N–H and O–H groups in total. The third kappa shape index (κ3) is 3.69. The average Bonchev–Trinajstić information content (AvgIpc) is 2.77. The maximum absolute atomic E-state index is 12.2. The fourth-order valence-electron chi connectivity index (χ4n) is 1.94. The first kappa shape index (κ1) is 15.2. The molecule has 8 heteroatoms. The average molecular weight is 414 g/mol. The molecule has 1 aromatic rings. The Hall–Kier alpha value is -0.150. The summed E-state index contributed by atoms with van der Waals surface area (Å²) in [4.78, 5) is 0.0636. The van der Waals surface area contributed by atoms with E-state index in [0.717, 1.165) is 17.3 Å². The highest BCUT2D eigenvalue weighted by molar-refractivity contribution is 9.11. The third-order valence-electron chi connectivity index (χ3n) is 2.83. The zero-order chi connectivity index (χ0) is 14.0. The molecule has 0 saturated carbocycles. The molecule has 0 spiro atoms. The fourth-order valence-corrected chi connectivity index (χ4v) is 5.08. The van der Waals surface area contributed by atoms with Gasteiger partial charge in [-0.1, -0.05) is 15.9 Å². The van der Waals surface area contributed by atoms with E-state index in [1.807, 2.05) is 0 Å². The van der Waals surface area contributed by atoms with Gasteiger partial charge in [0, 0.05) is 22.1 Å². The lowest BCUT2D eigenvalue weighted by atomic mass is 10.2. The van der Waals surface area contributed by atoms with E-state index in [-0.39, 0.29) is 23.2 Å². The maximum atomic E-state index is 12.2. The number of rotatable bonds is 4. The molecule has 1 unspecified atom stereocenters. The van der Waals surface area contributed by atoms with Gasteiger partial charge < -0.3 is 10.5 Å². The first-order valence-corrected chi connectivity index (χ1v) is 8.83. The number of halogens is 2. The van der Waals surface area contributed by atoms with E-state index in [1.165, 1.54) is 0 Å². The number of ether oxygens (including phenoxy) is 1. The van der Waals surface area contributed by atoms with Crippen LogP contribution in [-0.2, 0) is 14.8 Å². The number of nitrogens with two attached hydrogens (primary N) is 1. The highest BCUT2D eigenvalue weighted by atomic mass is 79.9. The highest BCUT2D eigenvalue weighted by Gasteiger charge is 2.24. The lowest BCUT2D eigenvalue weighted by molar-refractivity contribution is 0.114. The molecule has 0 aliphatic carbocycles. The first-order valence-electron chi connectivity index (χ1n) is 5.76. The van der Waals surface area contributed by atoms with Gasteiger partial charge in [-0.05, 0) is 40.9 Å². The van der Waals surface area contributed by atoms with Crippen LogP contribution in [0.3, 0.4) is 0 Å². The van der Waals surface area contributed by atoms with Crippen molar-refractivity contribution < 1.29 is 13.2 Å². The number of nitrogens with one attached hydrogen (secondary N) is 1. The van der Waals surface area contributed by atoms with E-state index in [2.05, 4.69) is 36.6 Å². The van der Waals surface area contributed by atoms with Crippen LogP contribution in [0.2, 0.25) is 0 Å². The van der Waals surface area contributed by atoms with Crippen molar-refractivity contribution in [1.82, 2.24) is 4.72 Å². The van der Waals surface area contributed by atoms with Crippen molar-refractivity contribution in [3.63, 3.8) is 0 Å². The van der Waals surface area contributed by atoms with Crippen molar-refractivity contribution in [2.45, 2.75) is 23.8 Å². The Labute approximate surface area is 129 Å². The Morgan fingerprint density at radius 3 is 2.74 bits per heavy atom. The lowest BCUT2D eigenvalue weighted by Crippen LogP contribution is -2.32. The van der Waals surface area contributed by atoms with E-state index in [4.69, 9.17) is 10.5 Å². The van der Waals surface area contributed by atoms with Gasteiger partial charge in [-0.25, -0.2) is 13.1 Å². The highest BCUT2D eigenvalue weighted by Crippen LogP contribution is 2.31. The van der Waals surface area contributed by atoms with Gasteiger partial charge in [0.25, 0.3) is 0 Å². The predicted octanol–water partition coefficient (Wildman–Crippen LogP) is 2.25. The molecule has 1 aliphatic rings. The van der Waals surface area contributed by atoms with Crippen molar-refractivity contribution in [3.05, 3.63) is 21.1 Å². The summed E-state index contributed by atoms with van der Waals surface area (Å²) in [6.45, 7) is 0.959. The quantitative estimate of drug-likeness (QED) is 0.741.